The standard InChI is InChI=1S/C21H29Cl2N3O3/c1-24(14-15-29-2)9-3-10-25-12-13-26(11-8-21(25)28)20(27)7-5-17-4-6-18(22)19(23)16-17/h4-7,16H,3,8-15H2,1-2H3/b7-5+. The molecule has 1 aromatic carbocycles. The van der Waals surface area contributed by atoms with Crippen LogP contribution in [-0.2, 0) is 14.3 Å². The lowest BCUT2D eigenvalue weighted by molar-refractivity contribution is -0.130. The van der Waals surface area contributed by atoms with E-state index in [2.05, 4.69) is 4.90 Å². The van der Waals surface area contributed by atoms with E-state index in [-0.39, 0.29) is 11.8 Å². The monoisotopic (exact) mass is 441 g/mol. The number of halogens is 2. The summed E-state index contributed by atoms with van der Waals surface area (Å²) in [6.07, 6.45) is 4.48. The van der Waals surface area contributed by atoms with Gasteiger partial charge >= 0.3 is 0 Å². The first-order valence-corrected chi connectivity index (χ1v) is 10.5. The van der Waals surface area contributed by atoms with Crippen LogP contribution in [0, 0.1) is 0 Å². The maximum absolute atomic E-state index is 12.5. The van der Waals surface area contributed by atoms with Gasteiger partial charge in [0.15, 0.2) is 0 Å². The van der Waals surface area contributed by atoms with Gasteiger partial charge in [0.2, 0.25) is 11.8 Å². The second-order valence-corrected chi connectivity index (χ2v) is 7.93. The summed E-state index contributed by atoms with van der Waals surface area (Å²) in [5.41, 5.74) is 0.804. The first-order valence-electron chi connectivity index (χ1n) is 9.78. The molecule has 1 aliphatic heterocycles. The third kappa shape index (κ3) is 7.97. The fourth-order valence-electron chi connectivity index (χ4n) is 3.10. The van der Waals surface area contributed by atoms with E-state index in [1.807, 2.05) is 11.9 Å². The minimum atomic E-state index is -0.106. The minimum absolute atomic E-state index is 0.105. The molecule has 29 heavy (non-hydrogen) atoms. The zero-order chi connectivity index (χ0) is 21.2. The van der Waals surface area contributed by atoms with E-state index in [0.29, 0.717) is 49.3 Å². The van der Waals surface area contributed by atoms with Crippen LogP contribution in [0.5, 0.6) is 0 Å². The summed E-state index contributed by atoms with van der Waals surface area (Å²) in [7, 11) is 3.74. The van der Waals surface area contributed by atoms with Crippen molar-refractivity contribution < 1.29 is 14.3 Å². The molecule has 0 bridgehead atoms. The van der Waals surface area contributed by atoms with Gasteiger partial charge in [-0.05, 0) is 43.8 Å². The highest BCUT2D eigenvalue weighted by Gasteiger charge is 2.22. The fourth-order valence-corrected chi connectivity index (χ4v) is 3.41. The number of hydrogen-bond acceptors (Lipinski definition) is 4. The molecule has 1 fully saturated rings. The van der Waals surface area contributed by atoms with Gasteiger partial charge in [0.25, 0.3) is 0 Å². The molecule has 0 saturated carbocycles. The SMILES string of the molecule is COCCN(C)CCCN1CCN(C(=O)/C=C/c2ccc(Cl)c(Cl)c2)CCC1=O. The predicted octanol–water partition coefficient (Wildman–Crippen LogP) is 3.04. The van der Waals surface area contributed by atoms with Crippen molar-refractivity contribution in [2.45, 2.75) is 12.8 Å². The predicted molar refractivity (Wildman–Crippen MR) is 117 cm³/mol. The van der Waals surface area contributed by atoms with Crippen LogP contribution in [0.25, 0.3) is 6.08 Å². The molecule has 8 heteroatoms. The Balaban J connectivity index is 1.82. The van der Waals surface area contributed by atoms with E-state index >= 15 is 0 Å². The molecule has 0 radical (unpaired) electrons. The van der Waals surface area contributed by atoms with Crippen LogP contribution < -0.4 is 0 Å². The van der Waals surface area contributed by atoms with Gasteiger partial charge in [-0.1, -0.05) is 29.3 Å². The smallest absolute Gasteiger partial charge is 0.246 e. The second kappa shape index (κ2) is 12.2. The van der Waals surface area contributed by atoms with Gasteiger partial charge in [0.1, 0.15) is 0 Å². The molecule has 1 saturated heterocycles. The Morgan fingerprint density at radius 2 is 2.00 bits per heavy atom. The van der Waals surface area contributed by atoms with Crippen molar-refractivity contribution in [3.63, 3.8) is 0 Å². The van der Waals surface area contributed by atoms with Crippen LogP contribution >= 0.6 is 23.2 Å². The topological polar surface area (TPSA) is 53.1 Å². The molecular weight excluding hydrogens is 413 g/mol. The zero-order valence-electron chi connectivity index (χ0n) is 17.1. The Morgan fingerprint density at radius 3 is 2.72 bits per heavy atom. The van der Waals surface area contributed by atoms with E-state index in [1.165, 1.54) is 6.08 Å². The minimum Gasteiger partial charge on any atom is -0.383 e. The van der Waals surface area contributed by atoms with Crippen molar-refractivity contribution in [2.75, 3.05) is 60.0 Å². The zero-order valence-corrected chi connectivity index (χ0v) is 18.6. The Morgan fingerprint density at radius 1 is 1.21 bits per heavy atom. The average molecular weight is 442 g/mol. The molecule has 0 N–H and O–H groups in total. The highest BCUT2D eigenvalue weighted by Crippen LogP contribution is 2.23. The lowest BCUT2D eigenvalue weighted by Crippen LogP contribution is -2.36. The molecule has 0 unspecified atom stereocenters. The Labute approximate surface area is 183 Å². The van der Waals surface area contributed by atoms with Gasteiger partial charge in [-0.25, -0.2) is 0 Å². The normalized spacial score (nSPS) is 15.4. The van der Waals surface area contributed by atoms with Crippen LogP contribution in [0.15, 0.2) is 24.3 Å². The molecule has 1 heterocycles. The summed E-state index contributed by atoms with van der Waals surface area (Å²) in [4.78, 5) is 30.7. The van der Waals surface area contributed by atoms with E-state index in [1.54, 1.807) is 36.3 Å². The number of likely N-dealkylation sites (N-methyl/N-ethyl adjacent to an activating group) is 1. The summed E-state index contributed by atoms with van der Waals surface area (Å²) in [5, 5.41) is 0.927. The number of hydrogen-bond donors (Lipinski definition) is 0. The molecular formula is C21H29Cl2N3O3. The molecule has 0 aliphatic carbocycles. The molecule has 160 valence electrons. The lowest BCUT2D eigenvalue weighted by Gasteiger charge is -2.23. The maximum Gasteiger partial charge on any atom is 0.246 e. The molecule has 2 rings (SSSR count). The Kier molecular flexibility index (Phi) is 9.94. The molecule has 0 aromatic heterocycles. The summed E-state index contributed by atoms with van der Waals surface area (Å²) < 4.78 is 5.07. The van der Waals surface area contributed by atoms with Crippen LogP contribution in [-0.4, -0.2) is 86.5 Å². The van der Waals surface area contributed by atoms with Crippen LogP contribution in [0.2, 0.25) is 10.0 Å². The summed E-state index contributed by atoms with van der Waals surface area (Å²) >= 11 is 11.9. The number of carbonyl (C=O) groups is 2. The maximum atomic E-state index is 12.5. The highest BCUT2D eigenvalue weighted by molar-refractivity contribution is 6.42. The first kappa shape index (κ1) is 23.7. The highest BCUT2D eigenvalue weighted by atomic mass is 35.5. The molecule has 0 atom stereocenters. The van der Waals surface area contributed by atoms with Crippen LogP contribution in [0.3, 0.4) is 0 Å². The average Bonchev–Trinajstić information content (AvgIpc) is 2.89. The van der Waals surface area contributed by atoms with E-state index < -0.39 is 0 Å². The van der Waals surface area contributed by atoms with Gasteiger partial charge in [0.05, 0.1) is 16.7 Å². The van der Waals surface area contributed by atoms with E-state index in [9.17, 15) is 9.59 Å². The summed E-state index contributed by atoms with van der Waals surface area (Å²) in [6.45, 7) is 4.72. The molecule has 0 spiro atoms. The van der Waals surface area contributed by atoms with Crippen LogP contribution in [0.1, 0.15) is 18.4 Å². The van der Waals surface area contributed by atoms with Crippen molar-refractivity contribution in [3.8, 4) is 0 Å². The first-order chi connectivity index (χ1) is 13.9. The van der Waals surface area contributed by atoms with Gasteiger partial charge in [0, 0.05) is 52.3 Å². The van der Waals surface area contributed by atoms with Crippen molar-refractivity contribution >= 4 is 41.1 Å². The molecule has 2 amide bonds. The van der Waals surface area contributed by atoms with Gasteiger partial charge in [-0.15, -0.1) is 0 Å². The number of methoxy groups -OCH3 is 1. The number of ether oxygens (including phenoxy) is 1. The van der Waals surface area contributed by atoms with E-state index in [0.717, 1.165) is 25.1 Å². The third-order valence-electron chi connectivity index (χ3n) is 4.91. The summed E-state index contributed by atoms with van der Waals surface area (Å²) in [6, 6.07) is 5.21. The van der Waals surface area contributed by atoms with Crippen LogP contribution in [0.4, 0.5) is 0 Å². The number of nitrogens with zero attached hydrogens (tertiary/aromatic N) is 3. The van der Waals surface area contributed by atoms with Gasteiger partial charge < -0.3 is 19.4 Å². The molecule has 1 aliphatic rings. The van der Waals surface area contributed by atoms with Gasteiger partial charge in [-0.2, -0.15) is 0 Å². The largest absolute Gasteiger partial charge is 0.383 e. The quantitative estimate of drug-likeness (QED) is 0.552. The van der Waals surface area contributed by atoms with Crippen molar-refractivity contribution in [1.82, 2.24) is 14.7 Å². The second-order valence-electron chi connectivity index (χ2n) is 7.11. The number of benzene rings is 1. The lowest BCUT2D eigenvalue weighted by atomic mass is 10.2. The van der Waals surface area contributed by atoms with Crippen molar-refractivity contribution in [2.24, 2.45) is 0 Å². The van der Waals surface area contributed by atoms with Crippen molar-refractivity contribution in [1.29, 1.82) is 0 Å². The third-order valence-corrected chi connectivity index (χ3v) is 5.65. The summed E-state index contributed by atoms with van der Waals surface area (Å²) in [5.74, 6) is -0.00155. The number of rotatable bonds is 9. The Hall–Kier alpha value is -1.60. The number of carbonyl (C=O) groups excluding carboxylic acids is 2. The van der Waals surface area contributed by atoms with Crippen molar-refractivity contribution in [3.05, 3.63) is 39.9 Å². The molecule has 1 aromatic rings. The van der Waals surface area contributed by atoms with E-state index in [4.69, 9.17) is 27.9 Å². The fraction of sp³-hybridized carbons (Fsp3) is 0.524. The Bertz CT molecular complexity index is 727. The van der Waals surface area contributed by atoms with Gasteiger partial charge in [-0.3, -0.25) is 9.59 Å². The molecule has 6 nitrogen and oxygen atoms in total. The number of amides is 2.